The van der Waals surface area contributed by atoms with Crippen LogP contribution in [-0.4, -0.2) is 22.6 Å². The Morgan fingerprint density at radius 1 is 1.50 bits per heavy atom. The van der Waals surface area contributed by atoms with Gasteiger partial charge in [0, 0.05) is 6.07 Å². The third-order valence-corrected chi connectivity index (χ3v) is 3.40. The van der Waals surface area contributed by atoms with Gasteiger partial charge < -0.3 is 10.5 Å². The largest absolute Gasteiger partial charge is 0.467 e. The number of nitrogens with zero attached hydrogens (tertiary/aromatic N) is 2. The number of imidazole rings is 1. The molecule has 0 amide bonds. The van der Waals surface area contributed by atoms with E-state index in [0.717, 1.165) is 0 Å². The van der Waals surface area contributed by atoms with Crippen molar-refractivity contribution >= 4 is 34.6 Å². The van der Waals surface area contributed by atoms with Crippen LogP contribution in [0.3, 0.4) is 0 Å². The van der Waals surface area contributed by atoms with E-state index in [1.165, 1.54) is 23.8 Å². The van der Waals surface area contributed by atoms with Crippen LogP contribution in [0.1, 0.15) is 19.9 Å². The highest BCUT2D eigenvalue weighted by Gasteiger charge is 2.29. The van der Waals surface area contributed by atoms with E-state index in [-0.39, 0.29) is 16.9 Å². The Morgan fingerprint density at radius 3 is 2.70 bits per heavy atom. The van der Waals surface area contributed by atoms with Gasteiger partial charge in [-0.15, -0.1) is 0 Å². The summed E-state index contributed by atoms with van der Waals surface area (Å²) in [6.45, 7) is 3.72. The molecule has 5 nitrogen and oxygen atoms in total. The van der Waals surface area contributed by atoms with Gasteiger partial charge in [0.1, 0.15) is 11.9 Å². The number of anilines is 1. The van der Waals surface area contributed by atoms with Crippen LogP contribution in [-0.2, 0) is 9.53 Å². The lowest BCUT2D eigenvalue weighted by molar-refractivity contribution is -0.145. The molecule has 0 spiro atoms. The van der Waals surface area contributed by atoms with Gasteiger partial charge >= 0.3 is 5.97 Å². The minimum Gasteiger partial charge on any atom is -0.467 e. The van der Waals surface area contributed by atoms with Crippen molar-refractivity contribution in [2.24, 2.45) is 5.92 Å². The molecule has 2 rings (SSSR count). The second-order valence-electron chi connectivity index (χ2n) is 4.81. The van der Waals surface area contributed by atoms with Gasteiger partial charge in [0.05, 0.1) is 23.2 Å². The minimum absolute atomic E-state index is 0.0500. The zero-order valence-corrected chi connectivity index (χ0v) is 12.1. The molecule has 2 aromatic rings. The Kier molecular flexibility index (Phi) is 3.85. The number of ether oxygens (including phenoxy) is 1. The van der Waals surface area contributed by atoms with E-state index < -0.39 is 17.8 Å². The van der Waals surface area contributed by atoms with Crippen molar-refractivity contribution in [1.29, 1.82) is 0 Å². The summed E-state index contributed by atoms with van der Waals surface area (Å²) in [6.07, 6.45) is 0. The molecule has 7 heteroatoms. The van der Waals surface area contributed by atoms with Gasteiger partial charge in [-0.1, -0.05) is 25.4 Å². The SMILES string of the molecule is COC(=O)C(C(C)C)n1c(N)nc2cc(F)c(Cl)cc21. The van der Waals surface area contributed by atoms with Crippen LogP contribution in [0, 0.1) is 11.7 Å². The highest BCUT2D eigenvalue weighted by Crippen LogP contribution is 2.31. The Bertz CT molecular complexity index is 669. The number of hydrogen-bond acceptors (Lipinski definition) is 4. The summed E-state index contributed by atoms with van der Waals surface area (Å²) >= 11 is 5.79. The molecule has 0 saturated carbocycles. The number of methoxy groups -OCH3 is 1. The van der Waals surface area contributed by atoms with Gasteiger partial charge in [0.2, 0.25) is 5.95 Å². The lowest BCUT2D eigenvalue weighted by Crippen LogP contribution is -2.26. The first-order chi connectivity index (χ1) is 9.36. The molecule has 2 N–H and O–H groups in total. The zero-order valence-electron chi connectivity index (χ0n) is 11.4. The molecule has 0 aliphatic rings. The number of rotatable bonds is 3. The van der Waals surface area contributed by atoms with Gasteiger partial charge in [-0.25, -0.2) is 14.2 Å². The molecular weight excluding hydrogens is 285 g/mol. The van der Waals surface area contributed by atoms with Gasteiger partial charge in [-0.3, -0.25) is 4.57 Å². The summed E-state index contributed by atoms with van der Waals surface area (Å²) in [5.74, 6) is -0.980. The number of aromatic nitrogens is 2. The molecule has 1 aromatic carbocycles. The Labute approximate surface area is 120 Å². The molecule has 0 aliphatic heterocycles. The van der Waals surface area contributed by atoms with E-state index in [9.17, 15) is 9.18 Å². The van der Waals surface area contributed by atoms with Crippen LogP contribution in [0.2, 0.25) is 5.02 Å². The highest BCUT2D eigenvalue weighted by molar-refractivity contribution is 6.31. The van der Waals surface area contributed by atoms with E-state index in [2.05, 4.69) is 4.98 Å². The van der Waals surface area contributed by atoms with Crippen LogP contribution < -0.4 is 5.73 Å². The summed E-state index contributed by atoms with van der Waals surface area (Å²) < 4.78 is 19.8. The van der Waals surface area contributed by atoms with Crippen molar-refractivity contribution in [2.45, 2.75) is 19.9 Å². The number of fused-ring (bicyclic) bond motifs is 1. The number of hydrogen-bond donors (Lipinski definition) is 1. The second-order valence-corrected chi connectivity index (χ2v) is 5.21. The smallest absolute Gasteiger partial charge is 0.329 e. The monoisotopic (exact) mass is 299 g/mol. The summed E-state index contributed by atoms with van der Waals surface area (Å²) in [6, 6.07) is 1.96. The fourth-order valence-electron chi connectivity index (χ4n) is 2.20. The average molecular weight is 300 g/mol. The fourth-order valence-corrected chi connectivity index (χ4v) is 2.36. The molecular formula is C13H15ClFN3O2. The average Bonchev–Trinajstić information content (AvgIpc) is 2.66. The molecule has 0 bridgehead atoms. The predicted octanol–water partition coefficient (Wildman–Crippen LogP) is 2.78. The lowest BCUT2D eigenvalue weighted by atomic mass is 10.0. The first kappa shape index (κ1) is 14.6. The van der Waals surface area contributed by atoms with E-state index in [1.807, 2.05) is 13.8 Å². The third kappa shape index (κ3) is 2.31. The molecule has 1 heterocycles. The van der Waals surface area contributed by atoms with Gasteiger partial charge in [-0.05, 0) is 12.0 Å². The second kappa shape index (κ2) is 5.28. The Hall–Kier alpha value is -1.82. The molecule has 20 heavy (non-hydrogen) atoms. The quantitative estimate of drug-likeness (QED) is 0.885. The summed E-state index contributed by atoms with van der Waals surface area (Å²) in [4.78, 5) is 16.0. The number of halogens is 2. The maximum Gasteiger partial charge on any atom is 0.329 e. The summed E-state index contributed by atoms with van der Waals surface area (Å²) in [5.41, 5.74) is 6.71. The molecule has 1 atom stereocenters. The van der Waals surface area contributed by atoms with Crippen LogP contribution in [0.15, 0.2) is 12.1 Å². The van der Waals surface area contributed by atoms with Crippen LogP contribution in [0.5, 0.6) is 0 Å². The number of carbonyl (C=O) groups excluding carboxylic acids is 1. The molecule has 0 radical (unpaired) electrons. The summed E-state index contributed by atoms with van der Waals surface area (Å²) in [5, 5.41) is -0.0500. The molecule has 0 aliphatic carbocycles. The Balaban J connectivity index is 2.71. The first-order valence-electron chi connectivity index (χ1n) is 6.07. The topological polar surface area (TPSA) is 70.1 Å². The van der Waals surface area contributed by atoms with Crippen molar-refractivity contribution in [3.8, 4) is 0 Å². The normalized spacial score (nSPS) is 12.9. The maximum atomic E-state index is 13.5. The van der Waals surface area contributed by atoms with E-state index in [0.29, 0.717) is 11.0 Å². The number of nitrogens with two attached hydrogens (primary N) is 1. The van der Waals surface area contributed by atoms with Gasteiger partial charge in [0.25, 0.3) is 0 Å². The van der Waals surface area contributed by atoms with Crippen molar-refractivity contribution < 1.29 is 13.9 Å². The van der Waals surface area contributed by atoms with Gasteiger partial charge in [0.15, 0.2) is 0 Å². The number of esters is 1. The number of benzene rings is 1. The third-order valence-electron chi connectivity index (χ3n) is 3.11. The number of carbonyl (C=O) groups is 1. The van der Waals surface area contributed by atoms with Gasteiger partial charge in [-0.2, -0.15) is 0 Å². The Morgan fingerprint density at radius 2 is 2.15 bits per heavy atom. The van der Waals surface area contributed by atoms with E-state index >= 15 is 0 Å². The maximum absolute atomic E-state index is 13.5. The predicted molar refractivity (Wildman–Crippen MR) is 75.0 cm³/mol. The van der Waals surface area contributed by atoms with Crippen LogP contribution >= 0.6 is 11.6 Å². The van der Waals surface area contributed by atoms with E-state index in [4.69, 9.17) is 22.1 Å². The number of nitrogen functional groups attached to an aromatic ring is 1. The molecule has 1 unspecified atom stereocenters. The van der Waals surface area contributed by atoms with Crippen molar-refractivity contribution in [3.63, 3.8) is 0 Å². The summed E-state index contributed by atoms with van der Waals surface area (Å²) in [7, 11) is 1.31. The molecule has 0 saturated heterocycles. The molecule has 108 valence electrons. The van der Waals surface area contributed by atoms with Crippen LogP contribution in [0.25, 0.3) is 11.0 Å². The molecule has 1 aromatic heterocycles. The van der Waals surface area contributed by atoms with Crippen molar-refractivity contribution in [2.75, 3.05) is 12.8 Å². The van der Waals surface area contributed by atoms with E-state index in [1.54, 1.807) is 0 Å². The highest BCUT2D eigenvalue weighted by atomic mass is 35.5. The fraction of sp³-hybridized carbons (Fsp3) is 0.385. The first-order valence-corrected chi connectivity index (χ1v) is 6.45. The van der Waals surface area contributed by atoms with Crippen molar-refractivity contribution in [3.05, 3.63) is 23.0 Å². The lowest BCUT2D eigenvalue weighted by Gasteiger charge is -2.21. The zero-order chi connectivity index (χ0) is 15.0. The standard InChI is InChI=1S/C13H15ClFN3O2/c1-6(2)11(12(19)20-3)18-10-4-7(14)8(15)5-9(10)17-13(18)16/h4-6,11H,1-3H3,(H2,16,17). The van der Waals surface area contributed by atoms with Crippen molar-refractivity contribution in [1.82, 2.24) is 9.55 Å². The minimum atomic E-state index is -0.647. The molecule has 0 fully saturated rings. The van der Waals surface area contributed by atoms with Crippen LogP contribution in [0.4, 0.5) is 10.3 Å².